The number of hydrogen-bond acceptors (Lipinski definition) is 4. The molecule has 0 aliphatic rings. The summed E-state index contributed by atoms with van der Waals surface area (Å²) in [5.74, 6) is -2.50. The number of carbonyl (C=O) groups is 2. The molecule has 1 heterocycles. The molecule has 23 heavy (non-hydrogen) atoms. The van der Waals surface area contributed by atoms with E-state index in [2.05, 4.69) is 5.32 Å². The summed E-state index contributed by atoms with van der Waals surface area (Å²) in [5.41, 5.74) is 1.45. The minimum absolute atomic E-state index is 0. The van der Waals surface area contributed by atoms with Gasteiger partial charge in [0.2, 0.25) is 0 Å². The van der Waals surface area contributed by atoms with Crippen molar-refractivity contribution in [2.75, 3.05) is 13.2 Å². The first-order chi connectivity index (χ1) is 10.6. The minimum atomic E-state index is -1.27. The van der Waals surface area contributed by atoms with Gasteiger partial charge in [-0.3, -0.25) is 4.79 Å². The first kappa shape index (κ1) is 19.7. The number of aromatic nitrogens is 1. The second kappa shape index (κ2) is 9.08. The van der Waals surface area contributed by atoms with E-state index in [1.165, 1.54) is 0 Å². The van der Waals surface area contributed by atoms with Crippen LogP contribution in [0.25, 0.3) is 10.9 Å². The molecule has 2 aromatic rings. The van der Waals surface area contributed by atoms with Crippen molar-refractivity contribution in [3.05, 3.63) is 36.0 Å². The Balaban J connectivity index is 0.00000264. The van der Waals surface area contributed by atoms with Crippen LogP contribution in [0, 0.1) is 5.92 Å². The average molecular weight is 326 g/mol. The molecule has 2 rings (SSSR count). The van der Waals surface area contributed by atoms with Crippen LogP contribution in [-0.2, 0) is 11.3 Å². The number of benzene rings is 1. The van der Waals surface area contributed by atoms with Crippen LogP contribution < -0.4 is 40.0 Å². The topological polar surface area (TPSA) is 94.4 Å². The van der Waals surface area contributed by atoms with E-state index >= 15 is 0 Å². The number of nitrogens with zero attached hydrogens (tertiary/aromatic N) is 1. The zero-order valence-corrected chi connectivity index (χ0v) is 15.4. The van der Waals surface area contributed by atoms with Crippen LogP contribution in [0.3, 0.4) is 0 Å². The molecule has 1 aromatic carbocycles. The van der Waals surface area contributed by atoms with Crippen molar-refractivity contribution >= 4 is 22.8 Å². The van der Waals surface area contributed by atoms with Crippen LogP contribution in [0.4, 0.5) is 0 Å². The quantitative estimate of drug-likeness (QED) is 0.535. The van der Waals surface area contributed by atoms with Crippen molar-refractivity contribution < 1.29 is 49.4 Å². The number of fused-ring (bicyclic) bond motifs is 1. The third-order valence-corrected chi connectivity index (χ3v) is 3.68. The molecule has 0 radical (unpaired) electrons. The molecule has 1 atom stereocenters. The number of carbonyl (C=O) groups excluding carboxylic acids is 2. The maximum Gasteiger partial charge on any atom is 1.00 e. The van der Waals surface area contributed by atoms with Gasteiger partial charge in [0.15, 0.2) is 0 Å². The van der Waals surface area contributed by atoms with E-state index in [4.69, 9.17) is 5.11 Å². The molecule has 0 aliphatic carbocycles. The Hall–Kier alpha value is -1.34. The van der Waals surface area contributed by atoms with E-state index in [-0.39, 0.29) is 55.0 Å². The summed E-state index contributed by atoms with van der Waals surface area (Å²) >= 11 is 0. The maximum atomic E-state index is 12.3. The Morgan fingerprint density at radius 1 is 1.35 bits per heavy atom. The van der Waals surface area contributed by atoms with Gasteiger partial charge in [-0.15, -0.1) is 0 Å². The molecule has 118 valence electrons. The van der Waals surface area contributed by atoms with Crippen LogP contribution in [-0.4, -0.2) is 34.7 Å². The normalized spacial score (nSPS) is 11.7. The fourth-order valence-corrected chi connectivity index (χ4v) is 2.50. The van der Waals surface area contributed by atoms with Crippen LogP contribution in [0.15, 0.2) is 30.3 Å². The average Bonchev–Trinajstić information content (AvgIpc) is 2.89. The minimum Gasteiger partial charge on any atom is -0.550 e. The fourth-order valence-electron chi connectivity index (χ4n) is 2.50. The van der Waals surface area contributed by atoms with E-state index in [1.54, 1.807) is 6.07 Å². The molecule has 0 saturated heterocycles. The number of para-hydroxylation sites is 1. The van der Waals surface area contributed by atoms with Gasteiger partial charge in [0, 0.05) is 42.5 Å². The van der Waals surface area contributed by atoms with Crippen LogP contribution in [0.5, 0.6) is 0 Å². The summed E-state index contributed by atoms with van der Waals surface area (Å²) in [4.78, 5) is 23.2. The third-order valence-electron chi connectivity index (χ3n) is 3.68. The molecule has 0 saturated carbocycles. The summed E-state index contributed by atoms with van der Waals surface area (Å²) in [5, 5.41) is 23.3. The van der Waals surface area contributed by atoms with Crippen molar-refractivity contribution in [3.63, 3.8) is 0 Å². The van der Waals surface area contributed by atoms with E-state index < -0.39 is 11.9 Å². The van der Waals surface area contributed by atoms with Crippen molar-refractivity contribution in [3.8, 4) is 0 Å². The molecular weight excluding hydrogens is 307 g/mol. The predicted molar refractivity (Wildman–Crippen MR) is 80.1 cm³/mol. The second-order valence-electron chi connectivity index (χ2n) is 5.07. The number of carboxylic acids is 1. The third kappa shape index (κ3) is 4.57. The molecule has 0 fully saturated rings. The molecule has 6 nitrogen and oxygen atoms in total. The van der Waals surface area contributed by atoms with Crippen molar-refractivity contribution in [2.24, 2.45) is 5.92 Å². The summed E-state index contributed by atoms with van der Waals surface area (Å²) in [6, 6.07) is 9.45. The number of aryl methyl sites for hydroxylation is 1. The number of amides is 1. The van der Waals surface area contributed by atoms with E-state index in [9.17, 15) is 14.7 Å². The molecule has 0 aliphatic heterocycles. The number of aliphatic carboxylic acids is 1. The molecule has 0 spiro atoms. The largest absolute Gasteiger partial charge is 1.00 e. The Kier molecular flexibility index (Phi) is 7.78. The number of nitrogens with one attached hydrogen (secondary N) is 1. The molecule has 1 unspecified atom stereocenters. The van der Waals surface area contributed by atoms with E-state index in [0.717, 1.165) is 10.9 Å². The maximum absolute atomic E-state index is 12.3. The molecule has 0 bridgehead atoms. The summed E-state index contributed by atoms with van der Waals surface area (Å²) in [7, 11) is 0. The smallest absolute Gasteiger partial charge is 0.550 e. The van der Waals surface area contributed by atoms with Gasteiger partial charge in [-0.05, 0) is 25.5 Å². The predicted octanol–water partition coefficient (Wildman–Crippen LogP) is -2.86. The Bertz CT molecular complexity index is 684. The second-order valence-corrected chi connectivity index (χ2v) is 5.07. The number of aliphatic hydroxyl groups is 1. The zero-order valence-electron chi connectivity index (χ0n) is 13.4. The molecule has 7 heteroatoms. The van der Waals surface area contributed by atoms with Crippen molar-refractivity contribution in [1.29, 1.82) is 0 Å². The molecule has 1 aromatic heterocycles. The first-order valence-electron chi connectivity index (χ1n) is 7.26. The number of aliphatic hydroxyl groups excluding tert-OH is 1. The number of rotatable bonds is 7. The van der Waals surface area contributed by atoms with Gasteiger partial charge < -0.3 is 24.9 Å². The van der Waals surface area contributed by atoms with Gasteiger partial charge in [0.1, 0.15) is 5.69 Å². The Morgan fingerprint density at radius 2 is 2.04 bits per heavy atom. The van der Waals surface area contributed by atoms with E-state index in [1.807, 2.05) is 35.8 Å². The fraction of sp³-hybridized carbons (Fsp3) is 0.375. The monoisotopic (exact) mass is 326 g/mol. The van der Waals surface area contributed by atoms with E-state index in [0.29, 0.717) is 12.2 Å². The SMILES string of the molecule is CCn1c(C(=O)NCC(CCO)C(=O)[O-])cc2ccccc21.[Na+]. The summed E-state index contributed by atoms with van der Waals surface area (Å²) in [6.07, 6.45) is 0.0549. The number of carboxylic acid groups (broad SMARTS) is 1. The molecular formula is C16H19N2NaO4. The Labute approximate surface area is 156 Å². The molecule has 1 amide bonds. The Morgan fingerprint density at radius 3 is 2.65 bits per heavy atom. The van der Waals surface area contributed by atoms with Gasteiger partial charge in [-0.25, -0.2) is 0 Å². The van der Waals surface area contributed by atoms with Gasteiger partial charge in [0.25, 0.3) is 5.91 Å². The van der Waals surface area contributed by atoms with Crippen LogP contribution in [0.2, 0.25) is 0 Å². The standard InChI is InChI=1S/C16H20N2O4.Na/c1-2-18-13-6-4-3-5-11(13)9-14(18)15(20)17-10-12(7-8-19)16(21)22;/h3-6,9,12,19H,2,7-8,10H2,1H3,(H,17,20)(H,21,22);/q;+1/p-1. The van der Waals surface area contributed by atoms with Gasteiger partial charge in [0.05, 0.1) is 0 Å². The number of hydrogen-bond donors (Lipinski definition) is 2. The van der Waals surface area contributed by atoms with Crippen molar-refractivity contribution in [2.45, 2.75) is 19.9 Å². The van der Waals surface area contributed by atoms with Gasteiger partial charge >= 0.3 is 29.6 Å². The van der Waals surface area contributed by atoms with Gasteiger partial charge in [-0.2, -0.15) is 0 Å². The van der Waals surface area contributed by atoms with Crippen LogP contribution >= 0.6 is 0 Å². The van der Waals surface area contributed by atoms with Crippen LogP contribution in [0.1, 0.15) is 23.8 Å². The summed E-state index contributed by atoms with van der Waals surface area (Å²) in [6.45, 7) is 2.26. The van der Waals surface area contributed by atoms with Crippen molar-refractivity contribution in [1.82, 2.24) is 9.88 Å². The summed E-state index contributed by atoms with van der Waals surface area (Å²) < 4.78 is 1.88. The van der Waals surface area contributed by atoms with Gasteiger partial charge in [-0.1, -0.05) is 18.2 Å². The molecule has 2 N–H and O–H groups in total. The first-order valence-corrected chi connectivity index (χ1v) is 7.26. The zero-order chi connectivity index (χ0) is 16.1.